The number of rotatable bonds is 10. The van der Waals surface area contributed by atoms with Crippen LogP contribution in [0.2, 0.25) is 0 Å². The van der Waals surface area contributed by atoms with E-state index < -0.39 is 35.8 Å². The molecule has 38 heavy (non-hydrogen) atoms. The smallest absolute Gasteiger partial charge is 0.416 e. The van der Waals surface area contributed by atoms with Gasteiger partial charge in [0.2, 0.25) is 0 Å². The van der Waals surface area contributed by atoms with Crippen molar-refractivity contribution in [1.82, 2.24) is 14.3 Å². The van der Waals surface area contributed by atoms with Gasteiger partial charge in [-0.3, -0.25) is 4.57 Å². The Bertz CT molecular complexity index is 1460. The van der Waals surface area contributed by atoms with Gasteiger partial charge in [-0.15, -0.1) is 5.10 Å². The summed E-state index contributed by atoms with van der Waals surface area (Å²) in [5.41, 5.74) is 0.0704. The Morgan fingerprint density at radius 3 is 2.24 bits per heavy atom. The summed E-state index contributed by atoms with van der Waals surface area (Å²) < 4.78 is 60.6. The molecule has 0 aliphatic carbocycles. The van der Waals surface area contributed by atoms with E-state index >= 15 is 0 Å². The number of carboxylic acid groups (broad SMARTS) is 1. The van der Waals surface area contributed by atoms with E-state index in [1.807, 2.05) is 0 Å². The number of aliphatic carboxylic acids is 1. The molecule has 4 aromatic rings. The van der Waals surface area contributed by atoms with Gasteiger partial charge < -0.3 is 9.84 Å². The van der Waals surface area contributed by atoms with Gasteiger partial charge in [0.15, 0.2) is 6.61 Å². The van der Waals surface area contributed by atoms with Crippen molar-refractivity contribution in [3.8, 4) is 11.4 Å². The molecule has 4 rings (SSSR count). The van der Waals surface area contributed by atoms with Crippen LogP contribution in [0.1, 0.15) is 22.5 Å². The third-order valence-corrected chi connectivity index (χ3v) is 5.86. The third-order valence-electron chi connectivity index (χ3n) is 5.86. The van der Waals surface area contributed by atoms with Crippen LogP contribution >= 0.6 is 0 Å². The lowest BCUT2D eigenvalue weighted by Gasteiger charge is -2.08. The molecule has 0 radical (unpaired) electrons. The highest BCUT2D eigenvalue weighted by molar-refractivity contribution is 5.68. The van der Waals surface area contributed by atoms with Crippen LogP contribution < -0.4 is 10.4 Å². The van der Waals surface area contributed by atoms with Crippen molar-refractivity contribution in [3.63, 3.8) is 0 Å². The zero-order valence-electron chi connectivity index (χ0n) is 20.0. The molecule has 0 spiro atoms. The number of ether oxygens (including phenoxy) is 1. The predicted octanol–water partition coefficient (Wildman–Crippen LogP) is 4.68. The van der Waals surface area contributed by atoms with Gasteiger partial charge in [-0.25, -0.2) is 14.0 Å². The number of hydrogen-bond donors (Lipinski definition) is 1. The number of aryl methyl sites for hydroxylation is 3. The van der Waals surface area contributed by atoms with E-state index in [0.29, 0.717) is 30.0 Å². The molecule has 11 heteroatoms. The maximum Gasteiger partial charge on any atom is 0.416 e. The van der Waals surface area contributed by atoms with Gasteiger partial charge in [0.1, 0.15) is 17.4 Å². The van der Waals surface area contributed by atoms with Crippen molar-refractivity contribution in [2.24, 2.45) is 0 Å². The number of carbonyl (C=O) groups is 1. The number of nitrogens with zero attached hydrogens (tertiary/aromatic N) is 3. The third kappa shape index (κ3) is 6.47. The van der Waals surface area contributed by atoms with Crippen molar-refractivity contribution >= 4 is 5.97 Å². The minimum atomic E-state index is -4.51. The molecule has 0 fully saturated rings. The van der Waals surface area contributed by atoms with Crippen LogP contribution in [0.3, 0.4) is 0 Å². The Morgan fingerprint density at radius 1 is 0.921 bits per heavy atom. The van der Waals surface area contributed by atoms with Crippen molar-refractivity contribution in [3.05, 3.63) is 112 Å². The standard InChI is InChI=1S/C27H23F4N3O4/c28-23-4-2-1-3-19(23)15-16-33-24(14-7-18-5-12-22(13-6-18)38-17-25(35)36)32-34(26(33)37)21-10-8-20(9-11-21)27(29,30)31/h1-6,8-13H,7,14-17H2,(H,35,36). The molecule has 0 aliphatic rings. The summed E-state index contributed by atoms with van der Waals surface area (Å²) in [7, 11) is 0. The molecule has 0 aliphatic heterocycles. The van der Waals surface area contributed by atoms with Gasteiger partial charge in [-0.2, -0.15) is 17.9 Å². The van der Waals surface area contributed by atoms with Crippen LogP contribution in [0.5, 0.6) is 5.75 Å². The van der Waals surface area contributed by atoms with Crippen molar-refractivity contribution in [1.29, 1.82) is 0 Å². The second-order valence-corrected chi connectivity index (χ2v) is 8.47. The Kier molecular flexibility index (Phi) is 7.94. The minimum absolute atomic E-state index is 0.123. The average Bonchev–Trinajstić information content (AvgIpc) is 3.21. The molecular weight excluding hydrogens is 506 g/mol. The quantitative estimate of drug-likeness (QED) is 0.302. The van der Waals surface area contributed by atoms with Crippen molar-refractivity contribution in [2.75, 3.05) is 6.61 Å². The van der Waals surface area contributed by atoms with E-state index in [9.17, 15) is 27.2 Å². The molecule has 7 nitrogen and oxygen atoms in total. The second-order valence-electron chi connectivity index (χ2n) is 8.47. The Labute approximate surface area is 214 Å². The van der Waals surface area contributed by atoms with E-state index in [1.54, 1.807) is 42.5 Å². The summed E-state index contributed by atoms with van der Waals surface area (Å²) in [5.74, 6) is -0.713. The molecule has 1 N–H and O–H groups in total. The average molecular weight is 529 g/mol. The number of alkyl halides is 3. The van der Waals surface area contributed by atoms with E-state index in [4.69, 9.17) is 9.84 Å². The van der Waals surface area contributed by atoms with Gasteiger partial charge in [-0.05, 0) is 66.4 Å². The first kappa shape index (κ1) is 26.6. The number of benzene rings is 3. The van der Waals surface area contributed by atoms with E-state index in [2.05, 4.69) is 5.10 Å². The molecule has 0 saturated carbocycles. The van der Waals surface area contributed by atoms with Gasteiger partial charge in [0.25, 0.3) is 0 Å². The first-order valence-corrected chi connectivity index (χ1v) is 11.6. The first-order chi connectivity index (χ1) is 18.1. The number of carboxylic acids is 1. The highest BCUT2D eigenvalue weighted by atomic mass is 19.4. The topological polar surface area (TPSA) is 86.3 Å². The Morgan fingerprint density at radius 2 is 1.61 bits per heavy atom. The molecule has 0 unspecified atom stereocenters. The molecule has 0 amide bonds. The maximum absolute atomic E-state index is 14.2. The monoisotopic (exact) mass is 529 g/mol. The minimum Gasteiger partial charge on any atom is -0.482 e. The van der Waals surface area contributed by atoms with Crippen molar-refractivity contribution in [2.45, 2.75) is 32.0 Å². The summed E-state index contributed by atoms with van der Waals surface area (Å²) in [6.07, 6.45) is -3.52. The van der Waals surface area contributed by atoms with Gasteiger partial charge in [0.05, 0.1) is 11.3 Å². The van der Waals surface area contributed by atoms with Gasteiger partial charge >= 0.3 is 17.8 Å². The predicted molar refractivity (Wildman–Crippen MR) is 130 cm³/mol. The van der Waals surface area contributed by atoms with Crippen LogP contribution in [0.25, 0.3) is 5.69 Å². The number of halogens is 4. The lowest BCUT2D eigenvalue weighted by molar-refractivity contribution is -0.139. The molecule has 0 atom stereocenters. The molecule has 0 saturated heterocycles. The summed E-state index contributed by atoms with van der Waals surface area (Å²) in [6.45, 7) is -0.341. The lowest BCUT2D eigenvalue weighted by atomic mass is 10.1. The molecule has 1 aromatic heterocycles. The van der Waals surface area contributed by atoms with Crippen LogP contribution in [0, 0.1) is 5.82 Å². The van der Waals surface area contributed by atoms with Crippen LogP contribution in [-0.4, -0.2) is 32.0 Å². The van der Waals surface area contributed by atoms with Gasteiger partial charge in [0, 0.05) is 13.0 Å². The van der Waals surface area contributed by atoms with E-state index in [0.717, 1.165) is 22.4 Å². The second kappa shape index (κ2) is 11.3. The fraction of sp³-hybridized carbons (Fsp3) is 0.222. The molecule has 3 aromatic carbocycles. The highest BCUT2D eigenvalue weighted by Crippen LogP contribution is 2.29. The van der Waals surface area contributed by atoms with Crippen molar-refractivity contribution < 1.29 is 32.2 Å². The number of hydrogen-bond acceptors (Lipinski definition) is 4. The molecule has 198 valence electrons. The summed E-state index contributed by atoms with van der Waals surface area (Å²) in [6, 6.07) is 17.1. The summed E-state index contributed by atoms with van der Waals surface area (Å²) in [4.78, 5) is 23.9. The van der Waals surface area contributed by atoms with Gasteiger partial charge in [-0.1, -0.05) is 30.3 Å². The highest BCUT2D eigenvalue weighted by Gasteiger charge is 2.30. The molecule has 0 bridgehead atoms. The van der Waals surface area contributed by atoms with Crippen LogP contribution in [0.4, 0.5) is 17.6 Å². The summed E-state index contributed by atoms with van der Waals surface area (Å²) in [5, 5.41) is 13.1. The van der Waals surface area contributed by atoms with E-state index in [-0.39, 0.29) is 18.7 Å². The van der Waals surface area contributed by atoms with Crippen LogP contribution in [0.15, 0.2) is 77.6 Å². The fourth-order valence-electron chi connectivity index (χ4n) is 3.89. The summed E-state index contributed by atoms with van der Waals surface area (Å²) >= 11 is 0. The lowest BCUT2D eigenvalue weighted by Crippen LogP contribution is -2.25. The zero-order valence-corrected chi connectivity index (χ0v) is 20.0. The van der Waals surface area contributed by atoms with E-state index in [1.165, 1.54) is 22.8 Å². The Hall–Kier alpha value is -4.41. The first-order valence-electron chi connectivity index (χ1n) is 11.6. The largest absolute Gasteiger partial charge is 0.482 e. The SMILES string of the molecule is O=C(O)COc1ccc(CCc2nn(-c3ccc(C(F)(F)F)cc3)c(=O)n2CCc2ccccc2F)cc1. The number of aromatic nitrogens is 3. The Balaban J connectivity index is 1.58. The normalized spacial score (nSPS) is 11.5. The zero-order chi connectivity index (χ0) is 27.3. The van der Waals surface area contributed by atoms with Crippen LogP contribution in [-0.2, 0) is 36.8 Å². The molecular formula is C27H23F4N3O4. The molecule has 1 heterocycles. The fourth-order valence-corrected chi connectivity index (χ4v) is 3.89. The maximum atomic E-state index is 14.2.